The Hall–Kier alpha value is -0.956. The Kier molecular flexibility index (Phi) is 36.9. The van der Waals surface area contributed by atoms with Crippen molar-refractivity contribution in [2.75, 3.05) is 13.1 Å². The van der Waals surface area contributed by atoms with Crippen molar-refractivity contribution in [2.45, 2.75) is 270 Å². The second-order valence-electron chi connectivity index (χ2n) is 18.4. The molecule has 0 radical (unpaired) electrons. The molecule has 5 nitrogen and oxygen atoms in total. The second kappa shape index (κ2) is 37.6. The zero-order valence-electron chi connectivity index (χ0n) is 37.6. The summed E-state index contributed by atoms with van der Waals surface area (Å²) in [5.41, 5.74) is 0. The van der Waals surface area contributed by atoms with Gasteiger partial charge in [0.05, 0.1) is 5.03 Å². The molecular weight excluding hydrogens is 697 g/mol. The average molecular weight is 793 g/mol. The van der Waals surface area contributed by atoms with Crippen molar-refractivity contribution in [2.24, 2.45) is 0 Å². The molecule has 7 heteroatoms. The zero-order chi connectivity index (χ0) is 40.0. The Balaban J connectivity index is 3.77. The number of carbonyl (C=O) groups excluding carboxylic acids is 3. The van der Waals surface area contributed by atoms with Crippen LogP contribution in [-0.2, 0) is 9.59 Å². The van der Waals surface area contributed by atoms with Crippen LogP contribution in [0.25, 0.3) is 0 Å². The highest BCUT2D eigenvalue weighted by atomic mass is 28.4. The maximum Gasteiger partial charge on any atom is 0.219 e. The van der Waals surface area contributed by atoms with Crippen molar-refractivity contribution in [1.82, 2.24) is 10.6 Å². The van der Waals surface area contributed by atoms with Gasteiger partial charge in [0.2, 0.25) is 11.8 Å². The van der Waals surface area contributed by atoms with Crippen LogP contribution in [0.5, 0.6) is 0 Å². The number of unbranched alkanes of at least 4 members (excludes halogenated alkanes) is 28. The lowest BCUT2D eigenvalue weighted by Gasteiger charge is -2.31. The molecule has 0 fully saturated rings. The molecule has 2 N–H and O–H groups in total. The predicted octanol–water partition coefficient (Wildman–Crippen LogP) is 15.2. The Labute approximate surface area is 340 Å². The van der Waals surface area contributed by atoms with E-state index in [9.17, 15) is 14.4 Å². The predicted molar refractivity (Wildman–Crippen MR) is 244 cm³/mol. The zero-order valence-corrected chi connectivity index (χ0v) is 39.6. The highest BCUT2D eigenvalue weighted by Gasteiger charge is 2.41. The van der Waals surface area contributed by atoms with Crippen LogP contribution < -0.4 is 10.6 Å². The molecular formula is C47H96N2O3Si2. The Morgan fingerprint density at radius 3 is 0.796 bits per heavy atom. The molecule has 0 bridgehead atoms. The molecule has 0 aliphatic heterocycles. The third kappa shape index (κ3) is 34.3. The summed E-state index contributed by atoms with van der Waals surface area (Å²) in [4.78, 5) is 38.4. The lowest BCUT2D eigenvalue weighted by Crippen LogP contribution is -2.52. The number of rotatable bonds is 42. The van der Waals surface area contributed by atoms with Crippen LogP contribution in [0.15, 0.2) is 0 Å². The fourth-order valence-corrected chi connectivity index (χ4v) is 18.8. The summed E-state index contributed by atoms with van der Waals surface area (Å²) >= 11 is 0. The van der Waals surface area contributed by atoms with Gasteiger partial charge < -0.3 is 15.4 Å². The highest BCUT2D eigenvalue weighted by molar-refractivity contribution is 7.31. The van der Waals surface area contributed by atoms with Crippen molar-refractivity contribution in [3.63, 3.8) is 0 Å². The summed E-state index contributed by atoms with van der Waals surface area (Å²) in [6.07, 6.45) is 43.2. The fraction of sp³-hybridized carbons (Fsp3) is 0.936. The Morgan fingerprint density at radius 2 is 0.556 bits per heavy atom. The lowest BCUT2D eigenvalue weighted by atomic mass is 10.0. The minimum Gasteiger partial charge on any atom is -0.356 e. The summed E-state index contributed by atoms with van der Waals surface area (Å²) in [6, 6.07) is 1.88. The summed E-state index contributed by atoms with van der Waals surface area (Å²) in [5, 5.41) is 6.80. The van der Waals surface area contributed by atoms with Crippen LogP contribution in [0.4, 0.5) is 4.79 Å². The van der Waals surface area contributed by atoms with E-state index in [4.69, 9.17) is 0 Å². The topological polar surface area (TPSA) is 75.3 Å². The van der Waals surface area contributed by atoms with Gasteiger partial charge in [-0.15, -0.1) is 0 Å². The largest absolute Gasteiger partial charge is 0.356 e. The van der Waals surface area contributed by atoms with Crippen LogP contribution in [0, 0.1) is 0 Å². The molecule has 0 unspecified atom stereocenters. The monoisotopic (exact) mass is 793 g/mol. The molecule has 0 aliphatic carbocycles. The van der Waals surface area contributed by atoms with Gasteiger partial charge in [-0.1, -0.05) is 220 Å². The third-order valence-corrected chi connectivity index (χ3v) is 21.6. The molecule has 0 rings (SSSR count). The van der Waals surface area contributed by atoms with E-state index in [0.29, 0.717) is 31.0 Å². The van der Waals surface area contributed by atoms with E-state index < -0.39 is 16.1 Å². The van der Waals surface area contributed by atoms with E-state index in [-0.39, 0.29) is 11.8 Å². The number of hydrogen-bond donors (Lipinski definition) is 2. The first-order valence-electron chi connectivity index (χ1n) is 24.1. The van der Waals surface area contributed by atoms with Crippen LogP contribution in [0.3, 0.4) is 0 Å². The van der Waals surface area contributed by atoms with Crippen molar-refractivity contribution in [3.8, 4) is 0 Å². The van der Waals surface area contributed by atoms with Crippen LogP contribution in [0.2, 0.25) is 38.3 Å². The van der Waals surface area contributed by atoms with Crippen molar-refractivity contribution >= 4 is 33.0 Å². The van der Waals surface area contributed by atoms with Crippen molar-refractivity contribution in [3.05, 3.63) is 0 Å². The fourth-order valence-electron chi connectivity index (χ4n) is 8.15. The average Bonchev–Trinajstić information content (AvgIpc) is 3.14. The van der Waals surface area contributed by atoms with Gasteiger partial charge in [-0.25, -0.2) is 0 Å². The molecule has 0 aromatic carbocycles. The molecule has 0 heterocycles. The summed E-state index contributed by atoms with van der Waals surface area (Å²) in [5.74, 6) is 0.346. The maximum atomic E-state index is 13.6. The molecule has 320 valence electrons. The Bertz CT molecular complexity index is 811. The number of amides is 2. The minimum absolute atomic E-state index is 0.173. The minimum atomic E-state index is -2.02. The number of nitrogens with one attached hydrogen (secondary N) is 2. The van der Waals surface area contributed by atoms with Gasteiger partial charge in [0, 0.05) is 25.9 Å². The highest BCUT2D eigenvalue weighted by Crippen LogP contribution is 2.25. The molecule has 0 saturated heterocycles. The van der Waals surface area contributed by atoms with Gasteiger partial charge in [0.25, 0.3) is 0 Å². The van der Waals surface area contributed by atoms with Crippen molar-refractivity contribution < 1.29 is 14.4 Å². The maximum absolute atomic E-state index is 13.6. The normalized spacial score (nSPS) is 12.0. The number of hydrogen-bond acceptors (Lipinski definition) is 3. The second-order valence-corrected chi connectivity index (χ2v) is 28.3. The van der Waals surface area contributed by atoms with E-state index in [1.54, 1.807) is 0 Å². The van der Waals surface area contributed by atoms with E-state index in [1.165, 1.54) is 167 Å². The van der Waals surface area contributed by atoms with Crippen molar-refractivity contribution in [1.29, 1.82) is 0 Å². The summed E-state index contributed by atoms with van der Waals surface area (Å²) in [7, 11) is -4.05. The van der Waals surface area contributed by atoms with Gasteiger partial charge in [-0.05, 0) is 37.8 Å². The summed E-state index contributed by atoms with van der Waals surface area (Å²) in [6.45, 7) is 14.8. The molecule has 0 atom stereocenters. The Morgan fingerprint density at radius 1 is 0.333 bits per heavy atom. The van der Waals surface area contributed by atoms with E-state index in [0.717, 1.165) is 50.6 Å². The lowest BCUT2D eigenvalue weighted by molar-refractivity contribution is -0.122. The molecule has 0 aromatic rings. The van der Waals surface area contributed by atoms with Crippen LogP contribution >= 0.6 is 0 Å². The molecule has 54 heavy (non-hydrogen) atoms. The standard InChI is InChI=1S/C47H96N2O3Si2/c1-7-9-11-13-15-17-19-21-23-25-27-29-31-33-35-39-45(50)48-41-37-43-53(3,4)47(52)54(5,6)44-38-42-49-46(51)40-36-34-32-30-28-26-24-22-20-18-16-14-12-10-8-2/h7-44H2,1-6H3,(H,48,50)(H,49,51). The first-order chi connectivity index (χ1) is 26.1. The quantitative estimate of drug-likeness (QED) is 0.0477. The van der Waals surface area contributed by atoms with Gasteiger partial charge in [-0.3, -0.25) is 9.59 Å². The van der Waals surface area contributed by atoms with Crippen LogP contribution in [-0.4, -0.2) is 46.1 Å². The molecule has 0 spiro atoms. The first kappa shape index (κ1) is 53.0. The summed E-state index contributed by atoms with van der Waals surface area (Å²) < 4.78 is 0. The third-order valence-electron chi connectivity index (χ3n) is 11.8. The molecule has 2 amide bonds. The molecule has 0 aromatic heterocycles. The van der Waals surface area contributed by atoms with Gasteiger partial charge in [0.15, 0.2) is 0 Å². The molecule has 0 aliphatic rings. The smallest absolute Gasteiger partial charge is 0.219 e. The first-order valence-corrected chi connectivity index (χ1v) is 30.6. The molecule has 0 saturated carbocycles. The van der Waals surface area contributed by atoms with Gasteiger partial charge >= 0.3 is 0 Å². The van der Waals surface area contributed by atoms with E-state index in [2.05, 4.69) is 50.7 Å². The van der Waals surface area contributed by atoms with E-state index >= 15 is 0 Å². The van der Waals surface area contributed by atoms with Gasteiger partial charge in [0.1, 0.15) is 16.1 Å². The number of carbonyl (C=O) groups is 3. The van der Waals surface area contributed by atoms with Crippen LogP contribution in [0.1, 0.15) is 232 Å². The van der Waals surface area contributed by atoms with E-state index in [1.807, 2.05) is 0 Å². The SMILES string of the molecule is CCCCCCCCCCCCCCCCCC(=O)NCCC[Si](C)(C)C(=O)[Si](C)(C)CCCNC(=O)CCCCCCCCCCCCCCCCC. The van der Waals surface area contributed by atoms with Gasteiger partial charge in [-0.2, -0.15) is 0 Å².